The van der Waals surface area contributed by atoms with Gasteiger partial charge >= 0.3 is 0 Å². The second-order valence-electron chi connectivity index (χ2n) is 7.00. The van der Waals surface area contributed by atoms with E-state index in [1.54, 1.807) is 6.20 Å². The van der Waals surface area contributed by atoms with Gasteiger partial charge in [0.15, 0.2) is 6.29 Å². The summed E-state index contributed by atoms with van der Waals surface area (Å²) in [5, 5.41) is 2.40. The van der Waals surface area contributed by atoms with Gasteiger partial charge in [-0.1, -0.05) is 51.1 Å². The zero-order valence-electron chi connectivity index (χ0n) is 14.1. The molecular formula is C21H21NO. The molecule has 0 amide bonds. The Kier molecular flexibility index (Phi) is 3.77. The highest BCUT2D eigenvalue weighted by molar-refractivity contribution is 5.93. The molecule has 2 heteroatoms. The van der Waals surface area contributed by atoms with Gasteiger partial charge in [0, 0.05) is 17.5 Å². The van der Waals surface area contributed by atoms with Crippen LogP contribution in [-0.2, 0) is 5.41 Å². The number of hydrogen-bond donors (Lipinski definition) is 0. The molecule has 0 spiro atoms. The van der Waals surface area contributed by atoms with E-state index >= 15 is 0 Å². The lowest BCUT2D eigenvalue weighted by Crippen LogP contribution is -2.10. The predicted octanol–water partition coefficient (Wildman–Crippen LogP) is 5.32. The maximum Gasteiger partial charge on any atom is 0.152 e. The molecule has 0 aliphatic carbocycles. The van der Waals surface area contributed by atoms with Gasteiger partial charge in [-0.05, 0) is 51.9 Å². The first-order valence-corrected chi connectivity index (χ1v) is 7.85. The lowest BCUT2D eigenvalue weighted by atomic mass is 9.85. The van der Waals surface area contributed by atoms with Crippen molar-refractivity contribution >= 4 is 17.1 Å². The highest BCUT2D eigenvalue weighted by Gasteiger charge is 2.14. The van der Waals surface area contributed by atoms with Gasteiger partial charge < -0.3 is 0 Å². The van der Waals surface area contributed by atoms with Crippen molar-refractivity contribution in [3.05, 3.63) is 65.5 Å². The Bertz CT molecular complexity index is 888. The van der Waals surface area contributed by atoms with Crippen LogP contribution in [0.3, 0.4) is 0 Å². The van der Waals surface area contributed by atoms with Gasteiger partial charge in [-0.3, -0.25) is 9.78 Å². The molecule has 116 valence electrons. The molecule has 3 aromatic rings. The van der Waals surface area contributed by atoms with Crippen molar-refractivity contribution in [2.24, 2.45) is 0 Å². The van der Waals surface area contributed by atoms with Crippen molar-refractivity contribution < 1.29 is 4.79 Å². The largest absolute Gasteiger partial charge is 0.298 e. The summed E-state index contributed by atoms with van der Waals surface area (Å²) in [5.74, 6) is 0. The number of carbonyl (C=O) groups is 1. The third-order valence-corrected chi connectivity index (χ3v) is 4.32. The third-order valence-electron chi connectivity index (χ3n) is 4.32. The summed E-state index contributed by atoms with van der Waals surface area (Å²) in [7, 11) is 0. The molecule has 23 heavy (non-hydrogen) atoms. The smallest absolute Gasteiger partial charge is 0.152 e. The Balaban J connectivity index is 2.15. The first-order chi connectivity index (χ1) is 10.9. The van der Waals surface area contributed by atoms with E-state index in [4.69, 9.17) is 0 Å². The summed E-state index contributed by atoms with van der Waals surface area (Å²) in [6.07, 6.45) is 2.65. The molecule has 0 N–H and O–H groups in total. The molecule has 0 fully saturated rings. The Hall–Kier alpha value is -2.48. The number of aromatic nitrogens is 1. The molecule has 1 aromatic heterocycles. The van der Waals surface area contributed by atoms with Crippen LogP contribution < -0.4 is 0 Å². The summed E-state index contributed by atoms with van der Waals surface area (Å²) in [4.78, 5) is 15.6. The van der Waals surface area contributed by atoms with Crippen molar-refractivity contribution in [1.29, 1.82) is 0 Å². The van der Waals surface area contributed by atoms with Crippen molar-refractivity contribution in [1.82, 2.24) is 4.98 Å². The molecule has 3 rings (SSSR count). The van der Waals surface area contributed by atoms with E-state index in [0.717, 1.165) is 23.1 Å². The van der Waals surface area contributed by atoms with Crippen molar-refractivity contribution in [3.8, 4) is 11.1 Å². The van der Waals surface area contributed by atoms with Crippen LogP contribution in [0.2, 0.25) is 0 Å². The van der Waals surface area contributed by atoms with E-state index in [0.29, 0.717) is 5.56 Å². The minimum Gasteiger partial charge on any atom is -0.298 e. The van der Waals surface area contributed by atoms with Crippen LogP contribution in [-0.4, -0.2) is 11.3 Å². The standard InChI is InChI=1S/C21H21NO/c1-14-20(13-23)19(9-10-22-14)17-6-5-16-12-18(21(2,3)4)8-7-15(16)11-17/h5-13H,1-4H3. The van der Waals surface area contributed by atoms with Gasteiger partial charge in [0.05, 0.1) is 0 Å². The zero-order valence-corrected chi connectivity index (χ0v) is 14.1. The quantitative estimate of drug-likeness (QED) is 0.600. The molecule has 0 aliphatic rings. The number of carbonyl (C=O) groups excluding carboxylic acids is 1. The third kappa shape index (κ3) is 2.89. The first kappa shape index (κ1) is 15.4. The van der Waals surface area contributed by atoms with Crippen LogP contribution >= 0.6 is 0 Å². The number of fused-ring (bicyclic) bond motifs is 1. The molecule has 0 aliphatic heterocycles. The minimum absolute atomic E-state index is 0.139. The van der Waals surface area contributed by atoms with E-state index in [-0.39, 0.29) is 5.41 Å². The lowest BCUT2D eigenvalue weighted by Gasteiger charge is -2.19. The number of hydrogen-bond acceptors (Lipinski definition) is 2. The summed E-state index contributed by atoms with van der Waals surface area (Å²) in [5.41, 5.74) is 4.88. The van der Waals surface area contributed by atoms with Crippen molar-refractivity contribution in [2.45, 2.75) is 33.1 Å². The summed E-state index contributed by atoms with van der Waals surface area (Å²) in [6, 6.07) is 14.8. The van der Waals surface area contributed by atoms with Crippen LogP contribution in [0.25, 0.3) is 21.9 Å². The SMILES string of the molecule is Cc1nccc(-c2ccc3cc(C(C)(C)C)ccc3c2)c1C=O. The lowest BCUT2D eigenvalue weighted by molar-refractivity contribution is 0.112. The maximum atomic E-state index is 11.4. The van der Waals surface area contributed by atoms with E-state index in [2.05, 4.69) is 62.2 Å². The summed E-state index contributed by atoms with van der Waals surface area (Å²) < 4.78 is 0. The number of pyridine rings is 1. The molecule has 2 nitrogen and oxygen atoms in total. The van der Waals surface area contributed by atoms with Crippen LogP contribution in [0.15, 0.2) is 48.7 Å². The monoisotopic (exact) mass is 303 g/mol. The molecule has 2 aromatic carbocycles. The molecule has 0 radical (unpaired) electrons. The molecule has 0 atom stereocenters. The van der Waals surface area contributed by atoms with Gasteiger partial charge in [-0.15, -0.1) is 0 Å². The average Bonchev–Trinajstić information content (AvgIpc) is 2.52. The summed E-state index contributed by atoms with van der Waals surface area (Å²) >= 11 is 0. The molecule has 0 bridgehead atoms. The normalized spacial score (nSPS) is 11.7. The van der Waals surface area contributed by atoms with E-state index in [9.17, 15) is 4.79 Å². The van der Waals surface area contributed by atoms with Gasteiger partial charge in [0.1, 0.15) is 0 Å². The Morgan fingerprint density at radius 1 is 0.957 bits per heavy atom. The molecule has 0 saturated heterocycles. The summed E-state index contributed by atoms with van der Waals surface area (Å²) in [6.45, 7) is 8.53. The average molecular weight is 303 g/mol. The van der Waals surface area contributed by atoms with Gasteiger partial charge in [0.2, 0.25) is 0 Å². The fraction of sp³-hybridized carbons (Fsp3) is 0.238. The van der Waals surface area contributed by atoms with Crippen molar-refractivity contribution in [3.63, 3.8) is 0 Å². The number of rotatable bonds is 2. The Morgan fingerprint density at radius 3 is 2.35 bits per heavy atom. The van der Waals surface area contributed by atoms with E-state index < -0.39 is 0 Å². The second kappa shape index (κ2) is 5.62. The van der Waals surface area contributed by atoms with E-state index in [1.165, 1.54) is 16.3 Å². The first-order valence-electron chi connectivity index (χ1n) is 7.85. The van der Waals surface area contributed by atoms with Gasteiger partial charge in [-0.2, -0.15) is 0 Å². The fourth-order valence-electron chi connectivity index (χ4n) is 2.86. The van der Waals surface area contributed by atoms with Crippen LogP contribution in [0, 0.1) is 6.92 Å². The van der Waals surface area contributed by atoms with Gasteiger partial charge in [-0.25, -0.2) is 0 Å². The van der Waals surface area contributed by atoms with Crippen LogP contribution in [0.4, 0.5) is 0 Å². The second-order valence-corrected chi connectivity index (χ2v) is 7.00. The molecular weight excluding hydrogens is 282 g/mol. The van der Waals surface area contributed by atoms with E-state index in [1.807, 2.05) is 13.0 Å². The van der Waals surface area contributed by atoms with Crippen LogP contribution in [0.5, 0.6) is 0 Å². The van der Waals surface area contributed by atoms with Gasteiger partial charge in [0.25, 0.3) is 0 Å². The number of aryl methyl sites for hydroxylation is 1. The Labute approximate surface area is 137 Å². The highest BCUT2D eigenvalue weighted by Crippen LogP contribution is 2.30. The minimum atomic E-state index is 0.139. The molecule has 0 unspecified atom stereocenters. The zero-order chi connectivity index (χ0) is 16.6. The number of benzene rings is 2. The van der Waals surface area contributed by atoms with Crippen LogP contribution in [0.1, 0.15) is 42.4 Å². The molecule has 0 saturated carbocycles. The fourth-order valence-corrected chi connectivity index (χ4v) is 2.86. The number of aldehydes is 1. The Morgan fingerprint density at radius 2 is 1.65 bits per heavy atom. The predicted molar refractivity (Wildman–Crippen MR) is 96.0 cm³/mol. The number of nitrogens with zero attached hydrogens (tertiary/aromatic N) is 1. The maximum absolute atomic E-state index is 11.4. The van der Waals surface area contributed by atoms with Crippen molar-refractivity contribution in [2.75, 3.05) is 0 Å². The topological polar surface area (TPSA) is 30.0 Å². The highest BCUT2D eigenvalue weighted by atomic mass is 16.1. The molecule has 1 heterocycles.